The zero-order valence-corrected chi connectivity index (χ0v) is 8.80. The summed E-state index contributed by atoms with van der Waals surface area (Å²) in [6, 6.07) is 0. The fourth-order valence-electron chi connectivity index (χ4n) is 1.76. The van der Waals surface area contributed by atoms with Crippen LogP contribution < -0.4 is 0 Å². The first-order chi connectivity index (χ1) is 6.87. The van der Waals surface area contributed by atoms with Gasteiger partial charge in [0, 0.05) is 32.7 Å². The van der Waals surface area contributed by atoms with Crippen LogP contribution in [0.15, 0.2) is 0 Å². The Hall–Kier alpha value is -0.330. The second-order valence-electron chi connectivity index (χ2n) is 4.04. The van der Waals surface area contributed by atoms with Crippen LogP contribution in [0, 0.1) is 0 Å². The number of halogens is 3. The normalized spacial score (nSPS) is 23.0. The molecular formula is C9H17F3N2O. The Morgan fingerprint density at radius 1 is 1.13 bits per heavy atom. The molecule has 1 unspecified atom stereocenters. The van der Waals surface area contributed by atoms with Gasteiger partial charge in [0.05, 0.1) is 12.6 Å². The van der Waals surface area contributed by atoms with Crippen LogP contribution in [-0.4, -0.2) is 66.5 Å². The van der Waals surface area contributed by atoms with E-state index in [1.807, 2.05) is 4.90 Å². The fourth-order valence-corrected chi connectivity index (χ4v) is 1.76. The molecule has 6 heteroatoms. The maximum atomic E-state index is 12.1. The Balaban J connectivity index is 2.24. The van der Waals surface area contributed by atoms with Crippen LogP contribution in [0.4, 0.5) is 13.2 Å². The van der Waals surface area contributed by atoms with Crippen molar-refractivity contribution in [2.24, 2.45) is 0 Å². The summed E-state index contributed by atoms with van der Waals surface area (Å²) in [6.45, 7) is 3.44. The summed E-state index contributed by atoms with van der Waals surface area (Å²) in [7, 11) is 0. The Bertz CT molecular complexity index is 188. The summed E-state index contributed by atoms with van der Waals surface area (Å²) in [6.07, 6.45) is -4.52. The first-order valence-electron chi connectivity index (χ1n) is 5.06. The maximum Gasteiger partial charge on any atom is 0.401 e. The molecule has 90 valence electrons. The van der Waals surface area contributed by atoms with Gasteiger partial charge in [-0.15, -0.1) is 0 Å². The van der Waals surface area contributed by atoms with Crippen molar-refractivity contribution in [1.29, 1.82) is 0 Å². The highest BCUT2D eigenvalue weighted by Crippen LogP contribution is 2.17. The van der Waals surface area contributed by atoms with E-state index in [9.17, 15) is 13.2 Å². The Morgan fingerprint density at radius 2 is 1.60 bits per heavy atom. The number of hydrogen-bond acceptors (Lipinski definition) is 3. The Kier molecular flexibility index (Phi) is 4.36. The molecule has 0 aromatic heterocycles. The number of nitrogens with zero attached hydrogens (tertiary/aromatic N) is 2. The highest BCUT2D eigenvalue weighted by Gasteiger charge is 2.32. The molecule has 0 saturated carbocycles. The molecule has 15 heavy (non-hydrogen) atoms. The van der Waals surface area contributed by atoms with E-state index in [1.54, 1.807) is 6.92 Å². The highest BCUT2D eigenvalue weighted by molar-refractivity contribution is 4.74. The molecule has 1 N–H and O–H groups in total. The number of aliphatic hydroxyl groups is 1. The molecule has 1 rings (SSSR count). The van der Waals surface area contributed by atoms with Gasteiger partial charge in [0.25, 0.3) is 0 Å². The third kappa shape index (κ3) is 5.34. The highest BCUT2D eigenvalue weighted by atomic mass is 19.4. The molecule has 0 aromatic carbocycles. The van der Waals surface area contributed by atoms with Gasteiger partial charge in [0.2, 0.25) is 0 Å². The molecule has 1 saturated heterocycles. The van der Waals surface area contributed by atoms with Crippen molar-refractivity contribution in [2.45, 2.75) is 19.2 Å². The van der Waals surface area contributed by atoms with E-state index in [-0.39, 0.29) is 0 Å². The molecule has 1 fully saturated rings. The van der Waals surface area contributed by atoms with E-state index in [0.29, 0.717) is 32.7 Å². The van der Waals surface area contributed by atoms with Crippen LogP contribution in [0.3, 0.4) is 0 Å². The smallest absolute Gasteiger partial charge is 0.392 e. The molecule has 3 nitrogen and oxygen atoms in total. The van der Waals surface area contributed by atoms with Crippen molar-refractivity contribution >= 4 is 0 Å². The van der Waals surface area contributed by atoms with Gasteiger partial charge >= 0.3 is 6.18 Å². The lowest BCUT2D eigenvalue weighted by atomic mass is 10.3. The molecule has 1 heterocycles. The average Bonchev–Trinajstić information content (AvgIpc) is 2.05. The molecule has 0 spiro atoms. The zero-order valence-electron chi connectivity index (χ0n) is 8.80. The van der Waals surface area contributed by atoms with Crippen molar-refractivity contribution in [3.8, 4) is 0 Å². The second-order valence-corrected chi connectivity index (χ2v) is 4.04. The standard InChI is InChI=1S/C9H17F3N2O/c1-8(15)6-13-2-4-14(5-3-13)7-9(10,11)12/h8,15H,2-7H2,1H3. The van der Waals surface area contributed by atoms with Gasteiger partial charge in [-0.05, 0) is 6.92 Å². The van der Waals surface area contributed by atoms with Gasteiger partial charge in [-0.25, -0.2) is 0 Å². The van der Waals surface area contributed by atoms with Crippen molar-refractivity contribution in [2.75, 3.05) is 39.3 Å². The lowest BCUT2D eigenvalue weighted by molar-refractivity contribution is -0.149. The van der Waals surface area contributed by atoms with Crippen molar-refractivity contribution in [1.82, 2.24) is 9.80 Å². The lowest BCUT2D eigenvalue weighted by Crippen LogP contribution is -2.50. The summed E-state index contributed by atoms with van der Waals surface area (Å²) in [4.78, 5) is 3.39. The van der Waals surface area contributed by atoms with Crippen LogP contribution >= 0.6 is 0 Å². The van der Waals surface area contributed by atoms with Crippen LogP contribution in [0.2, 0.25) is 0 Å². The van der Waals surface area contributed by atoms with E-state index in [2.05, 4.69) is 0 Å². The van der Waals surface area contributed by atoms with Gasteiger partial charge in [0.1, 0.15) is 0 Å². The summed E-state index contributed by atoms with van der Waals surface area (Å²) in [5.41, 5.74) is 0. The second kappa shape index (κ2) is 5.14. The predicted octanol–water partition coefficient (Wildman–Crippen LogP) is 0.547. The van der Waals surface area contributed by atoms with Crippen LogP contribution in [-0.2, 0) is 0 Å². The first kappa shape index (κ1) is 12.7. The average molecular weight is 226 g/mol. The molecule has 0 amide bonds. The van der Waals surface area contributed by atoms with Crippen LogP contribution in [0.25, 0.3) is 0 Å². The quantitative estimate of drug-likeness (QED) is 0.761. The SMILES string of the molecule is CC(O)CN1CCN(CC(F)(F)F)CC1. The molecule has 0 aromatic rings. The number of hydrogen-bond donors (Lipinski definition) is 1. The lowest BCUT2D eigenvalue weighted by Gasteiger charge is -2.35. The van der Waals surface area contributed by atoms with E-state index in [4.69, 9.17) is 5.11 Å². The Morgan fingerprint density at radius 3 is 2.00 bits per heavy atom. The summed E-state index contributed by atoms with van der Waals surface area (Å²) in [5.74, 6) is 0. The minimum absolute atomic E-state index is 0.417. The molecule has 0 radical (unpaired) electrons. The number of rotatable bonds is 3. The first-order valence-corrected chi connectivity index (χ1v) is 5.06. The van der Waals surface area contributed by atoms with E-state index in [0.717, 1.165) is 0 Å². The van der Waals surface area contributed by atoms with Crippen LogP contribution in [0.1, 0.15) is 6.92 Å². The molecular weight excluding hydrogens is 209 g/mol. The van der Waals surface area contributed by atoms with Crippen molar-refractivity contribution in [3.05, 3.63) is 0 Å². The van der Waals surface area contributed by atoms with E-state index < -0.39 is 18.8 Å². The number of β-amino-alcohol motifs (C(OH)–C–C–N with tert-alkyl or cyclic N) is 1. The van der Waals surface area contributed by atoms with Gasteiger partial charge in [-0.1, -0.05) is 0 Å². The third-order valence-corrected chi connectivity index (χ3v) is 2.39. The number of aliphatic hydroxyl groups excluding tert-OH is 1. The number of piperazine rings is 1. The van der Waals surface area contributed by atoms with E-state index >= 15 is 0 Å². The minimum atomic E-state index is -4.10. The topological polar surface area (TPSA) is 26.7 Å². The summed E-state index contributed by atoms with van der Waals surface area (Å²) < 4.78 is 36.2. The minimum Gasteiger partial charge on any atom is -0.392 e. The molecule has 1 aliphatic heterocycles. The van der Waals surface area contributed by atoms with E-state index in [1.165, 1.54) is 4.90 Å². The molecule has 0 aliphatic carbocycles. The Labute approximate surface area is 87.5 Å². The van der Waals surface area contributed by atoms with Crippen molar-refractivity contribution in [3.63, 3.8) is 0 Å². The molecule has 1 aliphatic rings. The molecule has 1 atom stereocenters. The molecule has 0 bridgehead atoms. The van der Waals surface area contributed by atoms with Crippen LogP contribution in [0.5, 0.6) is 0 Å². The van der Waals surface area contributed by atoms with Gasteiger partial charge in [-0.3, -0.25) is 9.80 Å². The van der Waals surface area contributed by atoms with Gasteiger partial charge < -0.3 is 5.11 Å². The third-order valence-electron chi connectivity index (χ3n) is 2.39. The summed E-state index contributed by atoms with van der Waals surface area (Å²) >= 11 is 0. The fraction of sp³-hybridized carbons (Fsp3) is 1.00. The zero-order chi connectivity index (χ0) is 11.5. The largest absolute Gasteiger partial charge is 0.401 e. The van der Waals surface area contributed by atoms with Gasteiger partial charge in [0.15, 0.2) is 0 Å². The monoisotopic (exact) mass is 226 g/mol. The predicted molar refractivity (Wildman–Crippen MR) is 50.6 cm³/mol. The van der Waals surface area contributed by atoms with Gasteiger partial charge in [-0.2, -0.15) is 13.2 Å². The van der Waals surface area contributed by atoms with Crippen molar-refractivity contribution < 1.29 is 18.3 Å². The summed E-state index contributed by atoms with van der Waals surface area (Å²) in [5, 5.41) is 9.12. The number of alkyl halides is 3. The maximum absolute atomic E-state index is 12.1.